The molecular formula is C10H10N2O2S. The van der Waals surface area contributed by atoms with E-state index in [0.29, 0.717) is 10.6 Å². The lowest BCUT2D eigenvalue weighted by Crippen LogP contribution is -2.08. The molecule has 0 aliphatic heterocycles. The maximum Gasteiger partial charge on any atom is 0.419 e. The van der Waals surface area contributed by atoms with Crippen LogP contribution in [0.3, 0.4) is 0 Å². The standard InChI is InChI=1S/C10H10N2O2S/c1-12-7-5-6(9(11)15-2)3-4-8(7)14-10(12)13/h3-5,11H,1-2H3. The molecule has 1 heterocycles. The summed E-state index contributed by atoms with van der Waals surface area (Å²) in [5.74, 6) is -0.377. The van der Waals surface area contributed by atoms with E-state index in [9.17, 15) is 4.79 Å². The van der Waals surface area contributed by atoms with Crippen molar-refractivity contribution in [1.29, 1.82) is 5.41 Å². The van der Waals surface area contributed by atoms with Crippen LogP contribution in [0.5, 0.6) is 0 Å². The van der Waals surface area contributed by atoms with Crippen LogP contribution in [0.2, 0.25) is 0 Å². The third-order valence-electron chi connectivity index (χ3n) is 2.26. The zero-order valence-electron chi connectivity index (χ0n) is 8.40. The lowest BCUT2D eigenvalue weighted by molar-refractivity contribution is 0.528. The minimum absolute atomic E-state index is 0.377. The molecule has 0 saturated carbocycles. The fraction of sp³-hybridized carbons (Fsp3) is 0.200. The van der Waals surface area contributed by atoms with Crippen LogP contribution in [0.1, 0.15) is 5.56 Å². The van der Waals surface area contributed by atoms with Gasteiger partial charge in [0.15, 0.2) is 5.58 Å². The van der Waals surface area contributed by atoms with E-state index in [0.717, 1.165) is 11.1 Å². The van der Waals surface area contributed by atoms with E-state index in [2.05, 4.69) is 0 Å². The first kappa shape index (κ1) is 10.0. The van der Waals surface area contributed by atoms with E-state index in [1.54, 1.807) is 25.2 Å². The Hall–Kier alpha value is -1.49. The second kappa shape index (κ2) is 3.58. The Bertz CT molecular complexity index is 583. The Kier molecular flexibility index (Phi) is 2.40. The van der Waals surface area contributed by atoms with Crippen LogP contribution < -0.4 is 5.76 Å². The van der Waals surface area contributed by atoms with Gasteiger partial charge in [-0.15, -0.1) is 11.8 Å². The average molecular weight is 222 g/mol. The molecule has 0 aliphatic rings. The Labute approximate surface area is 90.4 Å². The molecule has 0 bridgehead atoms. The van der Waals surface area contributed by atoms with E-state index in [4.69, 9.17) is 9.83 Å². The first-order valence-corrected chi connectivity index (χ1v) is 5.58. The number of fused-ring (bicyclic) bond motifs is 1. The van der Waals surface area contributed by atoms with E-state index < -0.39 is 0 Å². The third kappa shape index (κ3) is 1.59. The van der Waals surface area contributed by atoms with Crippen LogP contribution in [0, 0.1) is 5.41 Å². The molecule has 0 saturated heterocycles. The van der Waals surface area contributed by atoms with E-state index in [1.807, 2.05) is 6.26 Å². The highest BCUT2D eigenvalue weighted by Gasteiger charge is 2.08. The second-order valence-corrected chi connectivity index (χ2v) is 3.96. The zero-order chi connectivity index (χ0) is 11.0. The number of nitrogens with one attached hydrogen (secondary N) is 1. The molecule has 4 nitrogen and oxygen atoms in total. The van der Waals surface area contributed by atoms with Gasteiger partial charge in [-0.05, 0) is 24.5 Å². The molecular weight excluding hydrogens is 212 g/mol. The Morgan fingerprint density at radius 3 is 2.93 bits per heavy atom. The van der Waals surface area contributed by atoms with Crippen LogP contribution in [0.4, 0.5) is 0 Å². The van der Waals surface area contributed by atoms with Gasteiger partial charge < -0.3 is 4.42 Å². The Morgan fingerprint density at radius 2 is 2.27 bits per heavy atom. The highest BCUT2D eigenvalue weighted by Crippen LogP contribution is 2.17. The summed E-state index contributed by atoms with van der Waals surface area (Å²) in [7, 11) is 1.65. The number of aromatic nitrogens is 1. The van der Waals surface area contributed by atoms with Crippen LogP contribution in [-0.4, -0.2) is 15.9 Å². The first-order chi connectivity index (χ1) is 7.13. The van der Waals surface area contributed by atoms with Crippen molar-refractivity contribution in [3.05, 3.63) is 34.3 Å². The molecule has 1 N–H and O–H groups in total. The highest BCUT2D eigenvalue weighted by molar-refractivity contribution is 8.13. The maximum absolute atomic E-state index is 11.2. The number of nitrogens with zero attached hydrogens (tertiary/aromatic N) is 1. The number of thioether (sulfide) groups is 1. The van der Waals surface area contributed by atoms with Gasteiger partial charge in [-0.25, -0.2) is 4.79 Å². The largest absolute Gasteiger partial charge is 0.419 e. The van der Waals surface area contributed by atoms with Crippen molar-refractivity contribution in [2.75, 3.05) is 6.26 Å². The molecule has 0 radical (unpaired) electrons. The smallest absolute Gasteiger partial charge is 0.408 e. The summed E-state index contributed by atoms with van der Waals surface area (Å²) in [6.45, 7) is 0. The average Bonchev–Trinajstić information content (AvgIpc) is 2.54. The molecule has 1 aromatic carbocycles. The SMILES string of the molecule is CSC(=N)c1ccc2oc(=O)n(C)c2c1. The molecule has 1 aromatic heterocycles. The molecule has 5 heteroatoms. The van der Waals surface area contributed by atoms with Crippen molar-refractivity contribution < 1.29 is 4.42 Å². The highest BCUT2D eigenvalue weighted by atomic mass is 32.2. The predicted molar refractivity (Wildman–Crippen MR) is 61.8 cm³/mol. The van der Waals surface area contributed by atoms with Crippen LogP contribution in [0.15, 0.2) is 27.4 Å². The van der Waals surface area contributed by atoms with Crippen molar-refractivity contribution in [3.63, 3.8) is 0 Å². The van der Waals surface area contributed by atoms with Gasteiger partial charge >= 0.3 is 5.76 Å². The molecule has 0 unspecified atom stereocenters. The second-order valence-electron chi connectivity index (χ2n) is 3.14. The summed E-state index contributed by atoms with van der Waals surface area (Å²) < 4.78 is 6.43. The van der Waals surface area contributed by atoms with Crippen molar-refractivity contribution in [2.45, 2.75) is 0 Å². The summed E-state index contributed by atoms with van der Waals surface area (Å²) in [5.41, 5.74) is 2.07. The van der Waals surface area contributed by atoms with E-state index in [-0.39, 0.29) is 5.76 Å². The Balaban J connectivity index is 2.69. The van der Waals surface area contributed by atoms with Gasteiger partial charge in [0, 0.05) is 12.6 Å². The minimum atomic E-state index is -0.377. The molecule has 2 rings (SSSR count). The number of benzene rings is 1. The topological polar surface area (TPSA) is 59.0 Å². The van der Waals surface area contributed by atoms with Gasteiger partial charge in [0.25, 0.3) is 0 Å². The van der Waals surface area contributed by atoms with Gasteiger partial charge in [0.2, 0.25) is 0 Å². The van der Waals surface area contributed by atoms with Gasteiger partial charge in [-0.1, -0.05) is 0 Å². The van der Waals surface area contributed by atoms with Gasteiger partial charge in [-0.3, -0.25) is 9.98 Å². The van der Waals surface area contributed by atoms with Crippen LogP contribution in [-0.2, 0) is 7.05 Å². The summed E-state index contributed by atoms with van der Waals surface area (Å²) in [6.07, 6.45) is 1.85. The number of hydrogen-bond donors (Lipinski definition) is 1. The van der Waals surface area contributed by atoms with Crippen molar-refractivity contribution >= 4 is 27.9 Å². The number of rotatable bonds is 1. The van der Waals surface area contributed by atoms with Crippen molar-refractivity contribution in [3.8, 4) is 0 Å². The molecule has 2 aromatic rings. The Morgan fingerprint density at radius 1 is 1.53 bits per heavy atom. The summed E-state index contributed by atoms with van der Waals surface area (Å²) in [6, 6.07) is 5.29. The fourth-order valence-electron chi connectivity index (χ4n) is 1.39. The molecule has 0 atom stereocenters. The van der Waals surface area contributed by atoms with E-state index in [1.165, 1.54) is 16.3 Å². The zero-order valence-corrected chi connectivity index (χ0v) is 9.22. The monoisotopic (exact) mass is 222 g/mol. The molecule has 0 aliphatic carbocycles. The molecule has 0 amide bonds. The molecule has 78 valence electrons. The number of oxazole rings is 1. The number of aryl methyl sites for hydroxylation is 1. The lowest BCUT2D eigenvalue weighted by Gasteiger charge is -1.99. The van der Waals surface area contributed by atoms with Gasteiger partial charge in [-0.2, -0.15) is 0 Å². The predicted octanol–water partition coefficient (Wildman–Crippen LogP) is 1.82. The lowest BCUT2D eigenvalue weighted by atomic mass is 10.2. The molecule has 0 fully saturated rings. The van der Waals surface area contributed by atoms with E-state index >= 15 is 0 Å². The molecule has 15 heavy (non-hydrogen) atoms. The first-order valence-electron chi connectivity index (χ1n) is 4.36. The van der Waals surface area contributed by atoms with Crippen molar-refractivity contribution in [2.24, 2.45) is 7.05 Å². The number of hydrogen-bond acceptors (Lipinski definition) is 4. The van der Waals surface area contributed by atoms with Crippen LogP contribution in [0.25, 0.3) is 11.1 Å². The fourth-order valence-corrected chi connectivity index (χ4v) is 1.75. The normalized spacial score (nSPS) is 10.8. The summed E-state index contributed by atoms with van der Waals surface area (Å²) in [4.78, 5) is 11.2. The summed E-state index contributed by atoms with van der Waals surface area (Å²) in [5, 5.41) is 8.15. The van der Waals surface area contributed by atoms with Crippen LogP contribution >= 0.6 is 11.8 Å². The van der Waals surface area contributed by atoms with Gasteiger partial charge in [0.05, 0.1) is 10.6 Å². The summed E-state index contributed by atoms with van der Waals surface area (Å²) >= 11 is 1.36. The maximum atomic E-state index is 11.2. The minimum Gasteiger partial charge on any atom is -0.408 e. The van der Waals surface area contributed by atoms with Gasteiger partial charge in [0.1, 0.15) is 0 Å². The van der Waals surface area contributed by atoms with Crippen molar-refractivity contribution in [1.82, 2.24) is 4.57 Å². The third-order valence-corrected chi connectivity index (χ3v) is 2.90. The quantitative estimate of drug-likeness (QED) is 0.591. The molecule has 0 spiro atoms.